The minimum Gasteiger partial charge on any atom is -0.459 e. The summed E-state index contributed by atoms with van der Waals surface area (Å²) < 4.78 is 15.0. The normalized spacial score (nSPS) is 12.2. The van der Waals surface area contributed by atoms with Crippen molar-refractivity contribution < 1.29 is 43.6 Å². The summed E-state index contributed by atoms with van der Waals surface area (Å²) in [4.78, 5) is 44.3. The molecule has 0 aliphatic carbocycles. The zero-order chi connectivity index (χ0) is 21.2. The maximum absolute atomic E-state index is 11.5. The predicted molar refractivity (Wildman–Crippen MR) is 95.7 cm³/mol. The van der Waals surface area contributed by atoms with Crippen LogP contribution in [0.5, 0.6) is 0 Å². The van der Waals surface area contributed by atoms with E-state index >= 15 is 0 Å². The molecule has 0 aliphatic heterocycles. The zero-order valence-electron chi connectivity index (χ0n) is 16.6. The van der Waals surface area contributed by atoms with E-state index in [-0.39, 0.29) is 63.2 Å². The third-order valence-electron chi connectivity index (χ3n) is 2.91. The van der Waals surface area contributed by atoms with Gasteiger partial charge in [-0.2, -0.15) is 0 Å². The lowest BCUT2D eigenvalue weighted by Crippen LogP contribution is -2.28. The molecule has 0 aromatic carbocycles. The van der Waals surface area contributed by atoms with Gasteiger partial charge in [0.2, 0.25) is 6.29 Å². The van der Waals surface area contributed by atoms with Crippen LogP contribution in [0.2, 0.25) is 0 Å². The van der Waals surface area contributed by atoms with Gasteiger partial charge in [-0.15, -0.1) is 0 Å². The molecule has 2 N–H and O–H groups in total. The number of ketones is 2. The lowest BCUT2D eigenvalue weighted by atomic mass is 10.2. The highest BCUT2D eigenvalue weighted by molar-refractivity contribution is 5.81. The summed E-state index contributed by atoms with van der Waals surface area (Å²) in [6, 6.07) is 0. The molecule has 0 aromatic heterocycles. The Kier molecular flexibility index (Phi) is 17.8. The number of carbonyl (C=O) groups excluding carboxylic acids is 4. The predicted octanol–water partition coefficient (Wildman–Crippen LogP) is 0.923. The molecule has 0 fully saturated rings. The molecule has 0 aromatic rings. The minimum absolute atomic E-state index is 0.0214. The highest BCUT2D eigenvalue weighted by atomic mass is 16.7. The van der Waals surface area contributed by atoms with Gasteiger partial charge in [-0.05, 0) is 34.1 Å². The van der Waals surface area contributed by atoms with Gasteiger partial charge in [-0.1, -0.05) is 0 Å². The summed E-state index contributed by atoms with van der Waals surface area (Å²) in [6.45, 7) is 6.23. The smallest absolute Gasteiger partial charge is 0.308 e. The van der Waals surface area contributed by atoms with Crippen molar-refractivity contribution in [2.24, 2.45) is 0 Å². The number of aliphatic hydroxyl groups excluding tert-OH is 2. The van der Waals surface area contributed by atoms with Crippen LogP contribution in [0.4, 0.5) is 0 Å². The lowest BCUT2D eigenvalue weighted by molar-refractivity contribution is -0.193. The quantitative estimate of drug-likeness (QED) is 0.346. The maximum atomic E-state index is 11.5. The average molecular weight is 392 g/mol. The molecule has 158 valence electrons. The van der Waals surface area contributed by atoms with Crippen molar-refractivity contribution in [1.82, 2.24) is 0 Å². The van der Waals surface area contributed by atoms with Crippen LogP contribution in [0.25, 0.3) is 0 Å². The highest BCUT2D eigenvalue weighted by Crippen LogP contribution is 2.03. The lowest BCUT2D eigenvalue weighted by Gasteiger charge is -2.17. The Morgan fingerprint density at radius 1 is 0.926 bits per heavy atom. The van der Waals surface area contributed by atoms with Gasteiger partial charge < -0.3 is 34.0 Å². The second-order valence-corrected chi connectivity index (χ2v) is 5.82. The van der Waals surface area contributed by atoms with E-state index in [0.717, 1.165) is 0 Å². The third kappa shape index (κ3) is 22.1. The minimum atomic E-state index is -1.00. The van der Waals surface area contributed by atoms with E-state index < -0.39 is 18.2 Å². The van der Waals surface area contributed by atoms with Gasteiger partial charge in [-0.25, -0.2) is 0 Å². The Morgan fingerprint density at radius 3 is 1.81 bits per heavy atom. The van der Waals surface area contributed by atoms with Crippen molar-refractivity contribution in [2.45, 2.75) is 72.2 Å². The molecule has 0 spiro atoms. The second kappa shape index (κ2) is 17.6. The van der Waals surface area contributed by atoms with Crippen LogP contribution in [0.15, 0.2) is 0 Å². The summed E-state index contributed by atoms with van der Waals surface area (Å²) >= 11 is 0. The van der Waals surface area contributed by atoms with Crippen molar-refractivity contribution >= 4 is 23.5 Å². The molecule has 2 unspecified atom stereocenters. The second-order valence-electron chi connectivity index (χ2n) is 5.82. The molecule has 27 heavy (non-hydrogen) atoms. The largest absolute Gasteiger partial charge is 0.459 e. The number of Topliss-reactive ketones (excluding diaryl/α,β-unsaturated/α-hetero) is 2. The Morgan fingerprint density at radius 2 is 1.44 bits per heavy atom. The maximum Gasteiger partial charge on any atom is 0.308 e. The van der Waals surface area contributed by atoms with Crippen molar-refractivity contribution in [3.63, 3.8) is 0 Å². The SMILES string of the molecule is CC(O)CCO.CCOC(COC(=O)CCC(C)=O)OC(=O)CCC(C)=O. The molecule has 9 heteroatoms. The number of rotatable bonds is 13. The first-order chi connectivity index (χ1) is 12.6. The summed E-state index contributed by atoms with van der Waals surface area (Å²) in [5.74, 6) is -1.38. The number of esters is 2. The molecule has 0 aliphatic rings. The van der Waals surface area contributed by atoms with Crippen LogP contribution in [0.3, 0.4) is 0 Å². The molecule has 0 saturated carbocycles. The van der Waals surface area contributed by atoms with Gasteiger partial charge in [0.15, 0.2) is 6.61 Å². The number of hydrogen-bond donors (Lipinski definition) is 2. The number of ether oxygens (including phenoxy) is 3. The van der Waals surface area contributed by atoms with Crippen LogP contribution in [-0.4, -0.2) is 65.9 Å². The van der Waals surface area contributed by atoms with E-state index in [0.29, 0.717) is 6.42 Å². The molecular formula is C18H32O9. The van der Waals surface area contributed by atoms with E-state index in [2.05, 4.69) is 0 Å². The fourth-order valence-corrected chi connectivity index (χ4v) is 1.48. The molecule has 0 rings (SSSR count). The first-order valence-corrected chi connectivity index (χ1v) is 8.86. The van der Waals surface area contributed by atoms with Crippen LogP contribution in [0.1, 0.15) is 59.8 Å². The third-order valence-corrected chi connectivity index (χ3v) is 2.91. The molecule has 0 saturated heterocycles. The van der Waals surface area contributed by atoms with Gasteiger partial charge in [0.1, 0.15) is 11.6 Å². The molecule has 9 nitrogen and oxygen atoms in total. The molecule has 0 bridgehead atoms. The van der Waals surface area contributed by atoms with E-state index in [1.165, 1.54) is 13.8 Å². The topological polar surface area (TPSA) is 136 Å². The van der Waals surface area contributed by atoms with Crippen LogP contribution >= 0.6 is 0 Å². The van der Waals surface area contributed by atoms with Gasteiger partial charge in [-0.3, -0.25) is 9.59 Å². The molecule has 2 atom stereocenters. The van der Waals surface area contributed by atoms with Crippen LogP contribution in [-0.2, 0) is 33.4 Å². The first kappa shape index (κ1) is 27.4. The van der Waals surface area contributed by atoms with E-state index in [4.69, 9.17) is 24.4 Å². The van der Waals surface area contributed by atoms with Crippen LogP contribution < -0.4 is 0 Å². The van der Waals surface area contributed by atoms with Crippen molar-refractivity contribution in [3.05, 3.63) is 0 Å². The average Bonchev–Trinajstić information content (AvgIpc) is 2.56. The fourth-order valence-electron chi connectivity index (χ4n) is 1.48. The van der Waals surface area contributed by atoms with E-state index in [9.17, 15) is 19.2 Å². The van der Waals surface area contributed by atoms with Crippen LogP contribution in [0, 0.1) is 0 Å². The Labute approximate surface area is 160 Å². The molecule has 0 amide bonds. The summed E-state index contributed by atoms with van der Waals surface area (Å²) in [7, 11) is 0. The van der Waals surface area contributed by atoms with Gasteiger partial charge in [0.05, 0.1) is 18.9 Å². The number of aliphatic hydroxyl groups is 2. The monoisotopic (exact) mass is 392 g/mol. The Hall–Kier alpha value is -1.84. The highest BCUT2D eigenvalue weighted by Gasteiger charge is 2.17. The summed E-state index contributed by atoms with van der Waals surface area (Å²) in [5.41, 5.74) is 0. The summed E-state index contributed by atoms with van der Waals surface area (Å²) in [6.07, 6.45) is -0.735. The number of carbonyl (C=O) groups is 4. The number of hydrogen-bond acceptors (Lipinski definition) is 9. The fraction of sp³-hybridized carbons (Fsp3) is 0.778. The van der Waals surface area contributed by atoms with Gasteiger partial charge in [0, 0.05) is 26.1 Å². The van der Waals surface area contributed by atoms with Gasteiger partial charge in [0.25, 0.3) is 0 Å². The van der Waals surface area contributed by atoms with Gasteiger partial charge >= 0.3 is 11.9 Å². The van der Waals surface area contributed by atoms with Crippen molar-refractivity contribution in [2.75, 3.05) is 19.8 Å². The Bertz CT molecular complexity index is 446. The van der Waals surface area contributed by atoms with E-state index in [1.54, 1.807) is 13.8 Å². The molecular weight excluding hydrogens is 360 g/mol. The first-order valence-electron chi connectivity index (χ1n) is 8.86. The van der Waals surface area contributed by atoms with Crippen molar-refractivity contribution in [3.8, 4) is 0 Å². The molecule has 0 radical (unpaired) electrons. The Balaban J connectivity index is 0. The van der Waals surface area contributed by atoms with E-state index in [1.807, 2.05) is 0 Å². The van der Waals surface area contributed by atoms with Crippen molar-refractivity contribution in [1.29, 1.82) is 0 Å². The standard InChI is InChI=1S/C14H22O7.C4H10O2/c1-4-19-14(21-13(18)8-6-11(3)16)9-20-12(17)7-5-10(2)15;1-4(6)2-3-5/h14H,4-9H2,1-3H3;4-6H,2-3H2,1H3. The molecule has 0 heterocycles. The zero-order valence-corrected chi connectivity index (χ0v) is 16.6. The summed E-state index contributed by atoms with van der Waals surface area (Å²) in [5, 5.41) is 16.5.